The number of nitrogens with one attached hydrogen (secondary N) is 1. The standard InChI is InChI=1S/C23H22ClN7O/c1-15-8-16(20-13-25-7-6-22(20)30(2)3)10-17(9-15)23(32)26-12-18-11-19(24)4-5-21(18)31-14-27-28-29-31/h4-11,13-14H,12H2,1-3H3,(H,26,32). The Morgan fingerprint density at radius 2 is 2.00 bits per heavy atom. The second kappa shape index (κ2) is 9.15. The largest absolute Gasteiger partial charge is 0.377 e. The third-order valence-electron chi connectivity index (χ3n) is 5.01. The zero-order valence-corrected chi connectivity index (χ0v) is 18.7. The van der Waals surface area contributed by atoms with E-state index in [0.717, 1.165) is 33.6 Å². The Morgan fingerprint density at radius 3 is 2.75 bits per heavy atom. The van der Waals surface area contributed by atoms with Crippen molar-refractivity contribution in [3.8, 4) is 16.8 Å². The van der Waals surface area contributed by atoms with Gasteiger partial charge < -0.3 is 10.2 Å². The summed E-state index contributed by atoms with van der Waals surface area (Å²) in [5.74, 6) is -0.187. The zero-order chi connectivity index (χ0) is 22.7. The van der Waals surface area contributed by atoms with E-state index in [-0.39, 0.29) is 12.5 Å². The molecule has 8 nitrogen and oxygen atoms in total. The van der Waals surface area contributed by atoms with E-state index in [1.54, 1.807) is 18.3 Å². The molecule has 0 bridgehead atoms. The molecule has 0 fully saturated rings. The average Bonchev–Trinajstić information content (AvgIpc) is 3.31. The number of pyridine rings is 1. The van der Waals surface area contributed by atoms with Crippen molar-refractivity contribution in [1.82, 2.24) is 30.5 Å². The van der Waals surface area contributed by atoms with Crippen molar-refractivity contribution >= 4 is 23.2 Å². The van der Waals surface area contributed by atoms with E-state index in [1.807, 2.05) is 62.4 Å². The van der Waals surface area contributed by atoms with E-state index in [2.05, 4.69) is 25.8 Å². The fourth-order valence-corrected chi connectivity index (χ4v) is 3.73. The number of benzene rings is 2. The van der Waals surface area contributed by atoms with Crippen molar-refractivity contribution in [3.05, 3.63) is 82.9 Å². The number of hydrogen-bond acceptors (Lipinski definition) is 6. The van der Waals surface area contributed by atoms with Gasteiger partial charge in [-0.1, -0.05) is 17.7 Å². The van der Waals surface area contributed by atoms with Crippen LogP contribution in [0, 0.1) is 6.92 Å². The highest BCUT2D eigenvalue weighted by atomic mass is 35.5. The van der Waals surface area contributed by atoms with Gasteiger partial charge in [0.1, 0.15) is 6.33 Å². The van der Waals surface area contributed by atoms with Crippen molar-refractivity contribution in [3.63, 3.8) is 0 Å². The molecule has 2 aromatic heterocycles. The number of aromatic nitrogens is 5. The van der Waals surface area contributed by atoms with Crippen LogP contribution < -0.4 is 10.2 Å². The summed E-state index contributed by atoms with van der Waals surface area (Å²) in [4.78, 5) is 19.3. The molecule has 0 aliphatic rings. The Kier molecular flexibility index (Phi) is 6.13. The molecule has 0 saturated heterocycles. The topological polar surface area (TPSA) is 88.8 Å². The monoisotopic (exact) mass is 447 g/mol. The molecule has 9 heteroatoms. The molecule has 0 unspecified atom stereocenters. The summed E-state index contributed by atoms with van der Waals surface area (Å²) in [6.07, 6.45) is 5.07. The fraction of sp³-hybridized carbons (Fsp3) is 0.174. The molecule has 2 aromatic carbocycles. The normalized spacial score (nSPS) is 10.8. The fourth-order valence-electron chi connectivity index (χ4n) is 3.54. The number of amides is 1. The third-order valence-corrected chi connectivity index (χ3v) is 5.24. The number of nitrogens with zero attached hydrogens (tertiary/aromatic N) is 6. The van der Waals surface area contributed by atoms with Crippen molar-refractivity contribution in [2.45, 2.75) is 13.5 Å². The Bertz CT molecular complexity index is 1260. The molecule has 32 heavy (non-hydrogen) atoms. The van der Waals surface area contributed by atoms with E-state index >= 15 is 0 Å². The van der Waals surface area contributed by atoms with Crippen LogP contribution in [0.1, 0.15) is 21.5 Å². The molecule has 0 saturated carbocycles. The van der Waals surface area contributed by atoms with E-state index in [9.17, 15) is 4.79 Å². The van der Waals surface area contributed by atoms with E-state index in [0.29, 0.717) is 10.6 Å². The molecule has 162 valence electrons. The van der Waals surface area contributed by atoms with Gasteiger partial charge in [0.2, 0.25) is 0 Å². The molecule has 0 aliphatic carbocycles. The first kappa shape index (κ1) is 21.5. The molecule has 4 rings (SSSR count). The minimum atomic E-state index is -0.187. The molecule has 0 aliphatic heterocycles. The first-order valence-electron chi connectivity index (χ1n) is 9.96. The summed E-state index contributed by atoms with van der Waals surface area (Å²) < 4.78 is 1.54. The number of anilines is 1. The van der Waals surface area contributed by atoms with E-state index in [1.165, 1.54) is 11.0 Å². The summed E-state index contributed by atoms with van der Waals surface area (Å²) in [7, 11) is 3.96. The molecule has 2 heterocycles. The molecule has 0 radical (unpaired) electrons. The molecule has 1 N–H and O–H groups in total. The maximum Gasteiger partial charge on any atom is 0.251 e. The van der Waals surface area contributed by atoms with Crippen LogP contribution in [-0.4, -0.2) is 45.2 Å². The van der Waals surface area contributed by atoms with Crippen molar-refractivity contribution < 1.29 is 4.79 Å². The number of tetrazole rings is 1. The smallest absolute Gasteiger partial charge is 0.251 e. The van der Waals surface area contributed by atoms with Crippen LogP contribution in [0.3, 0.4) is 0 Å². The van der Waals surface area contributed by atoms with Gasteiger partial charge >= 0.3 is 0 Å². The van der Waals surface area contributed by atoms with Gasteiger partial charge in [0.05, 0.1) is 5.69 Å². The van der Waals surface area contributed by atoms with Gasteiger partial charge in [-0.05, 0) is 70.4 Å². The number of halogens is 1. The Hall–Kier alpha value is -3.78. The first-order valence-corrected chi connectivity index (χ1v) is 10.3. The molecular formula is C23H22ClN7O. The van der Waals surface area contributed by atoms with Gasteiger partial charge in [-0.25, -0.2) is 4.68 Å². The van der Waals surface area contributed by atoms with Crippen LogP contribution in [0.5, 0.6) is 0 Å². The van der Waals surface area contributed by atoms with Crippen LogP contribution in [0.15, 0.2) is 61.2 Å². The molecule has 0 atom stereocenters. The number of aryl methyl sites for hydroxylation is 1. The number of hydrogen-bond donors (Lipinski definition) is 1. The lowest BCUT2D eigenvalue weighted by Crippen LogP contribution is -2.23. The quantitative estimate of drug-likeness (QED) is 0.485. The number of carbonyl (C=O) groups excluding carboxylic acids is 1. The Morgan fingerprint density at radius 1 is 1.16 bits per heavy atom. The zero-order valence-electron chi connectivity index (χ0n) is 18.0. The molecule has 0 spiro atoms. The lowest BCUT2D eigenvalue weighted by atomic mass is 9.99. The van der Waals surface area contributed by atoms with Crippen molar-refractivity contribution in [2.24, 2.45) is 0 Å². The maximum absolute atomic E-state index is 13.0. The second-order valence-electron chi connectivity index (χ2n) is 7.59. The Balaban J connectivity index is 1.60. The van der Waals surface area contributed by atoms with Crippen LogP contribution in [0.4, 0.5) is 5.69 Å². The van der Waals surface area contributed by atoms with Crippen LogP contribution in [0.2, 0.25) is 5.02 Å². The summed E-state index contributed by atoms with van der Waals surface area (Å²) in [5.41, 5.74) is 6.03. The van der Waals surface area contributed by atoms with Crippen LogP contribution in [-0.2, 0) is 6.54 Å². The van der Waals surface area contributed by atoms with Crippen LogP contribution >= 0.6 is 11.6 Å². The van der Waals surface area contributed by atoms with Crippen LogP contribution in [0.25, 0.3) is 16.8 Å². The van der Waals surface area contributed by atoms with Gasteiger partial charge in [0.25, 0.3) is 5.91 Å². The van der Waals surface area contributed by atoms with Gasteiger partial charge in [0, 0.05) is 54.9 Å². The predicted molar refractivity (Wildman–Crippen MR) is 124 cm³/mol. The summed E-state index contributed by atoms with van der Waals surface area (Å²) in [5, 5.41) is 14.8. The Labute approximate surface area is 190 Å². The minimum absolute atomic E-state index is 0.187. The first-order chi connectivity index (χ1) is 15.4. The number of carbonyl (C=O) groups is 1. The summed E-state index contributed by atoms with van der Waals surface area (Å²) in [6, 6.07) is 13.1. The van der Waals surface area contributed by atoms with Gasteiger partial charge in [-0.3, -0.25) is 9.78 Å². The lowest BCUT2D eigenvalue weighted by Gasteiger charge is -2.18. The van der Waals surface area contributed by atoms with Crippen molar-refractivity contribution in [2.75, 3.05) is 19.0 Å². The highest BCUT2D eigenvalue weighted by molar-refractivity contribution is 6.30. The van der Waals surface area contributed by atoms with Gasteiger partial charge in [-0.15, -0.1) is 5.10 Å². The molecule has 1 amide bonds. The van der Waals surface area contributed by atoms with Gasteiger partial charge in [-0.2, -0.15) is 0 Å². The second-order valence-corrected chi connectivity index (χ2v) is 8.02. The molecular weight excluding hydrogens is 426 g/mol. The average molecular weight is 448 g/mol. The number of rotatable bonds is 6. The predicted octanol–water partition coefficient (Wildman–Crippen LogP) is 3.68. The highest BCUT2D eigenvalue weighted by Gasteiger charge is 2.14. The summed E-state index contributed by atoms with van der Waals surface area (Å²) in [6.45, 7) is 2.24. The van der Waals surface area contributed by atoms with Gasteiger partial charge in [0.15, 0.2) is 0 Å². The minimum Gasteiger partial charge on any atom is -0.377 e. The summed E-state index contributed by atoms with van der Waals surface area (Å²) >= 11 is 6.18. The lowest BCUT2D eigenvalue weighted by molar-refractivity contribution is 0.0951. The SMILES string of the molecule is Cc1cc(C(=O)NCc2cc(Cl)ccc2-n2cnnn2)cc(-c2cnccc2N(C)C)c1. The van der Waals surface area contributed by atoms with E-state index in [4.69, 9.17) is 11.6 Å². The van der Waals surface area contributed by atoms with Crippen molar-refractivity contribution in [1.29, 1.82) is 0 Å². The maximum atomic E-state index is 13.0. The highest BCUT2D eigenvalue weighted by Crippen LogP contribution is 2.30. The molecule has 4 aromatic rings. The third kappa shape index (κ3) is 4.60. The van der Waals surface area contributed by atoms with E-state index < -0.39 is 0 Å².